The molecule has 1 heteroatoms. The monoisotopic (exact) mass is 432 g/mol. The molecule has 0 unspecified atom stereocenters. The fraction of sp³-hybridized carbons (Fsp3) is 0. The Labute approximate surface area is 177 Å². The van der Waals surface area contributed by atoms with E-state index in [9.17, 15) is 0 Å². The van der Waals surface area contributed by atoms with Gasteiger partial charge in [-0.3, -0.25) is 0 Å². The van der Waals surface area contributed by atoms with Crippen molar-refractivity contribution >= 4 is 48.2 Å². The van der Waals surface area contributed by atoms with Crippen molar-refractivity contribution in [3.05, 3.63) is 108 Å². The first-order chi connectivity index (χ1) is 14.3. The summed E-state index contributed by atoms with van der Waals surface area (Å²) in [7, 11) is 0. The summed E-state index contributed by atoms with van der Waals surface area (Å²) in [4.78, 5) is 0. The Bertz CT molecular complexity index is 1460. The van der Waals surface area contributed by atoms with Crippen molar-refractivity contribution in [2.45, 2.75) is 0 Å². The number of hydrogen-bond acceptors (Lipinski definition) is 0. The molecule has 0 aliphatic carbocycles. The molecule has 0 nitrogen and oxygen atoms in total. The van der Waals surface area contributed by atoms with Crippen LogP contribution in [0.5, 0.6) is 0 Å². The number of halogens is 1. The zero-order valence-corrected chi connectivity index (χ0v) is 17.3. The lowest BCUT2D eigenvalue weighted by atomic mass is 9.89. The Morgan fingerprint density at radius 1 is 0.448 bits per heavy atom. The summed E-state index contributed by atoms with van der Waals surface area (Å²) in [6.07, 6.45) is 0. The summed E-state index contributed by atoms with van der Waals surface area (Å²) in [5.74, 6) is 0. The summed E-state index contributed by atoms with van der Waals surface area (Å²) in [6.45, 7) is 0. The Balaban J connectivity index is 1.69. The molecule has 0 saturated heterocycles. The Kier molecular flexibility index (Phi) is 3.72. The minimum atomic E-state index is 1.16. The molecule has 136 valence electrons. The van der Waals surface area contributed by atoms with E-state index in [1.807, 2.05) is 0 Å². The quantitative estimate of drug-likeness (QED) is 0.240. The van der Waals surface area contributed by atoms with Gasteiger partial charge in [-0.05, 0) is 88.7 Å². The third-order valence-corrected chi connectivity index (χ3v) is 6.70. The molecule has 0 radical (unpaired) electrons. The van der Waals surface area contributed by atoms with E-state index in [1.165, 1.54) is 54.6 Å². The van der Waals surface area contributed by atoms with Crippen LogP contribution < -0.4 is 0 Å². The van der Waals surface area contributed by atoms with Gasteiger partial charge in [0.2, 0.25) is 0 Å². The fourth-order valence-corrected chi connectivity index (χ4v) is 5.16. The molecule has 6 rings (SSSR count). The van der Waals surface area contributed by atoms with Gasteiger partial charge in [0.1, 0.15) is 0 Å². The second kappa shape index (κ2) is 6.43. The molecule has 29 heavy (non-hydrogen) atoms. The van der Waals surface area contributed by atoms with Crippen LogP contribution in [0, 0.1) is 0 Å². The normalized spacial score (nSPS) is 11.6. The van der Waals surface area contributed by atoms with E-state index < -0.39 is 0 Å². The molecule has 6 aromatic rings. The predicted molar refractivity (Wildman–Crippen MR) is 129 cm³/mol. The van der Waals surface area contributed by atoms with Gasteiger partial charge in [-0.1, -0.05) is 84.9 Å². The maximum atomic E-state index is 3.91. The standard InChI is InChI=1S/C28H17Br/c29-28-24-14-13-21-16-23(18-7-3-1-4-8-18)15-20-11-12-22(27(24)26(20)21)17-25(28)19-9-5-2-6-10-19/h1-17H. The summed E-state index contributed by atoms with van der Waals surface area (Å²) in [6, 6.07) is 37.2. The van der Waals surface area contributed by atoms with Gasteiger partial charge >= 0.3 is 0 Å². The van der Waals surface area contributed by atoms with Crippen LogP contribution in [-0.4, -0.2) is 0 Å². The van der Waals surface area contributed by atoms with Gasteiger partial charge in [-0.2, -0.15) is 0 Å². The molecule has 0 aliphatic rings. The second-order valence-corrected chi connectivity index (χ2v) is 8.34. The van der Waals surface area contributed by atoms with Crippen LogP contribution in [0.25, 0.3) is 54.6 Å². The third kappa shape index (κ3) is 2.58. The Morgan fingerprint density at radius 3 is 1.66 bits per heavy atom. The molecule has 0 bridgehead atoms. The van der Waals surface area contributed by atoms with E-state index in [0.29, 0.717) is 0 Å². The number of rotatable bonds is 2. The summed E-state index contributed by atoms with van der Waals surface area (Å²) >= 11 is 3.91. The van der Waals surface area contributed by atoms with Crippen molar-refractivity contribution in [1.29, 1.82) is 0 Å². The molecule has 0 atom stereocenters. The van der Waals surface area contributed by atoms with Crippen molar-refractivity contribution in [3.8, 4) is 22.3 Å². The molecule has 0 aromatic heterocycles. The van der Waals surface area contributed by atoms with Crippen LogP contribution in [-0.2, 0) is 0 Å². The second-order valence-electron chi connectivity index (χ2n) is 7.54. The van der Waals surface area contributed by atoms with E-state index in [4.69, 9.17) is 0 Å². The van der Waals surface area contributed by atoms with Gasteiger partial charge in [0, 0.05) is 4.47 Å². The maximum absolute atomic E-state index is 3.91. The minimum Gasteiger partial charge on any atom is -0.0622 e. The fourth-order valence-electron chi connectivity index (χ4n) is 4.49. The van der Waals surface area contributed by atoms with Crippen molar-refractivity contribution in [1.82, 2.24) is 0 Å². The van der Waals surface area contributed by atoms with E-state index in [-0.39, 0.29) is 0 Å². The number of hydrogen-bond donors (Lipinski definition) is 0. The zero-order chi connectivity index (χ0) is 19.4. The van der Waals surface area contributed by atoms with Gasteiger partial charge < -0.3 is 0 Å². The highest BCUT2D eigenvalue weighted by Gasteiger charge is 2.15. The topological polar surface area (TPSA) is 0 Å². The largest absolute Gasteiger partial charge is 0.0622 e. The Hall–Kier alpha value is -3.16. The van der Waals surface area contributed by atoms with Crippen LogP contribution in [0.3, 0.4) is 0 Å². The van der Waals surface area contributed by atoms with Crippen LogP contribution in [0.2, 0.25) is 0 Å². The van der Waals surface area contributed by atoms with Crippen LogP contribution in [0.4, 0.5) is 0 Å². The lowest BCUT2D eigenvalue weighted by Gasteiger charge is -2.16. The SMILES string of the molecule is Brc1c(-c2ccccc2)cc2ccc3cc(-c4ccccc4)cc4ccc1c2c34. The van der Waals surface area contributed by atoms with Gasteiger partial charge in [0.15, 0.2) is 0 Å². The first-order valence-electron chi connectivity index (χ1n) is 9.81. The van der Waals surface area contributed by atoms with Crippen molar-refractivity contribution in [2.75, 3.05) is 0 Å². The lowest BCUT2D eigenvalue weighted by molar-refractivity contribution is 1.63. The highest BCUT2D eigenvalue weighted by atomic mass is 79.9. The van der Waals surface area contributed by atoms with Crippen LogP contribution >= 0.6 is 15.9 Å². The lowest BCUT2D eigenvalue weighted by Crippen LogP contribution is -1.89. The molecule has 0 amide bonds. The highest BCUT2D eigenvalue weighted by Crippen LogP contribution is 2.43. The first-order valence-corrected chi connectivity index (χ1v) is 10.6. The molecular weight excluding hydrogens is 416 g/mol. The molecule has 0 spiro atoms. The van der Waals surface area contributed by atoms with Crippen LogP contribution in [0.15, 0.2) is 108 Å². The van der Waals surface area contributed by atoms with Crippen molar-refractivity contribution < 1.29 is 0 Å². The molecule has 0 fully saturated rings. The molecule has 6 aromatic carbocycles. The van der Waals surface area contributed by atoms with Crippen molar-refractivity contribution in [3.63, 3.8) is 0 Å². The first kappa shape index (κ1) is 16.8. The zero-order valence-electron chi connectivity index (χ0n) is 15.7. The van der Waals surface area contributed by atoms with Gasteiger partial charge in [0.05, 0.1) is 0 Å². The molecule has 0 N–H and O–H groups in total. The Morgan fingerprint density at radius 2 is 1.00 bits per heavy atom. The summed E-state index contributed by atoms with van der Waals surface area (Å²) < 4.78 is 1.16. The average molecular weight is 433 g/mol. The maximum Gasteiger partial charge on any atom is 0.0332 e. The summed E-state index contributed by atoms with van der Waals surface area (Å²) in [5, 5.41) is 7.82. The predicted octanol–water partition coefficient (Wildman–Crippen LogP) is 8.68. The van der Waals surface area contributed by atoms with Gasteiger partial charge in [-0.25, -0.2) is 0 Å². The van der Waals surface area contributed by atoms with Crippen molar-refractivity contribution in [2.24, 2.45) is 0 Å². The average Bonchev–Trinajstić information content (AvgIpc) is 2.79. The van der Waals surface area contributed by atoms with Crippen LogP contribution in [0.1, 0.15) is 0 Å². The molecular formula is C28H17Br. The van der Waals surface area contributed by atoms with E-state index in [0.717, 1.165) is 4.47 Å². The third-order valence-electron chi connectivity index (χ3n) is 5.84. The van der Waals surface area contributed by atoms with E-state index >= 15 is 0 Å². The van der Waals surface area contributed by atoms with Gasteiger partial charge in [0.25, 0.3) is 0 Å². The molecule has 0 saturated carbocycles. The minimum absolute atomic E-state index is 1.16. The number of benzene rings is 6. The molecule has 0 heterocycles. The van der Waals surface area contributed by atoms with E-state index in [2.05, 4.69) is 119 Å². The van der Waals surface area contributed by atoms with E-state index in [1.54, 1.807) is 0 Å². The van der Waals surface area contributed by atoms with Gasteiger partial charge in [-0.15, -0.1) is 0 Å². The summed E-state index contributed by atoms with van der Waals surface area (Å²) in [5.41, 5.74) is 4.99. The molecule has 0 aliphatic heterocycles. The highest BCUT2D eigenvalue weighted by molar-refractivity contribution is 9.10. The smallest absolute Gasteiger partial charge is 0.0332 e.